The monoisotopic (exact) mass is 348 g/mol. The van der Waals surface area contributed by atoms with Crippen LogP contribution in [0.1, 0.15) is 36.9 Å². The number of benzene rings is 1. The topological polar surface area (TPSA) is 72.2 Å². The molecule has 1 aromatic rings. The Kier molecular flexibility index (Phi) is 6.46. The first-order chi connectivity index (χ1) is 8.88. The van der Waals surface area contributed by atoms with E-state index in [2.05, 4.69) is 27.4 Å². The van der Waals surface area contributed by atoms with Crippen LogP contribution < -0.4 is 11.3 Å². The van der Waals surface area contributed by atoms with Crippen LogP contribution in [0.25, 0.3) is 0 Å². The van der Waals surface area contributed by atoms with Crippen LogP contribution in [0.5, 0.6) is 0 Å². The predicted octanol–water partition coefficient (Wildman–Crippen LogP) is 2.48. The second kappa shape index (κ2) is 7.38. The SMILES string of the molecule is CCS(=O)(=O)CCCC(NN)c1cc(C)cc(Br)c1. The normalized spacial score (nSPS) is 13.5. The average Bonchev–Trinajstić information content (AvgIpc) is 2.33. The molecule has 1 atom stereocenters. The molecule has 0 saturated carbocycles. The minimum absolute atomic E-state index is 0.0248. The molecule has 0 radical (unpaired) electrons. The zero-order valence-electron chi connectivity index (χ0n) is 11.3. The van der Waals surface area contributed by atoms with Crippen molar-refractivity contribution in [3.8, 4) is 0 Å². The van der Waals surface area contributed by atoms with Gasteiger partial charge >= 0.3 is 0 Å². The van der Waals surface area contributed by atoms with E-state index in [1.807, 2.05) is 19.1 Å². The highest BCUT2D eigenvalue weighted by molar-refractivity contribution is 9.10. The smallest absolute Gasteiger partial charge is 0.150 e. The van der Waals surface area contributed by atoms with E-state index in [0.717, 1.165) is 15.6 Å². The zero-order valence-corrected chi connectivity index (χ0v) is 13.7. The number of rotatable bonds is 7. The van der Waals surface area contributed by atoms with Gasteiger partial charge in [0.2, 0.25) is 0 Å². The van der Waals surface area contributed by atoms with E-state index < -0.39 is 9.84 Å². The van der Waals surface area contributed by atoms with E-state index in [4.69, 9.17) is 5.84 Å². The Hall–Kier alpha value is -0.430. The molecule has 6 heteroatoms. The Morgan fingerprint density at radius 3 is 2.58 bits per heavy atom. The van der Waals surface area contributed by atoms with Gasteiger partial charge in [0.25, 0.3) is 0 Å². The molecule has 3 N–H and O–H groups in total. The summed E-state index contributed by atoms with van der Waals surface area (Å²) in [4.78, 5) is 0. The minimum Gasteiger partial charge on any atom is -0.271 e. The molecule has 0 bridgehead atoms. The lowest BCUT2D eigenvalue weighted by atomic mass is 10.0. The van der Waals surface area contributed by atoms with Gasteiger partial charge in [-0.3, -0.25) is 11.3 Å². The Bertz CT molecular complexity index is 497. The lowest BCUT2D eigenvalue weighted by Crippen LogP contribution is -2.28. The van der Waals surface area contributed by atoms with Gasteiger partial charge in [0, 0.05) is 16.3 Å². The van der Waals surface area contributed by atoms with E-state index >= 15 is 0 Å². The first-order valence-electron chi connectivity index (χ1n) is 6.31. The maximum Gasteiger partial charge on any atom is 0.150 e. The minimum atomic E-state index is -2.90. The van der Waals surface area contributed by atoms with Gasteiger partial charge in [0.1, 0.15) is 9.84 Å². The second-order valence-corrected chi connectivity index (χ2v) is 8.05. The van der Waals surface area contributed by atoms with E-state index in [0.29, 0.717) is 12.8 Å². The molecule has 1 rings (SSSR count). The van der Waals surface area contributed by atoms with Crippen LogP contribution >= 0.6 is 15.9 Å². The van der Waals surface area contributed by atoms with Gasteiger partial charge < -0.3 is 0 Å². The first kappa shape index (κ1) is 16.6. The number of aryl methyl sites for hydroxylation is 1. The quantitative estimate of drug-likeness (QED) is 0.586. The number of nitrogens with one attached hydrogen (secondary N) is 1. The third-order valence-electron chi connectivity index (χ3n) is 3.06. The van der Waals surface area contributed by atoms with E-state index in [1.54, 1.807) is 6.92 Å². The van der Waals surface area contributed by atoms with Crippen molar-refractivity contribution in [1.82, 2.24) is 5.43 Å². The van der Waals surface area contributed by atoms with Gasteiger partial charge in [-0.05, 0) is 43.0 Å². The summed E-state index contributed by atoms with van der Waals surface area (Å²) in [5, 5.41) is 0. The fraction of sp³-hybridized carbons (Fsp3) is 0.538. The van der Waals surface area contributed by atoms with E-state index in [9.17, 15) is 8.42 Å². The molecule has 4 nitrogen and oxygen atoms in total. The predicted molar refractivity (Wildman–Crippen MR) is 82.5 cm³/mol. The third-order valence-corrected chi connectivity index (χ3v) is 5.30. The van der Waals surface area contributed by atoms with Crippen LogP contribution in [0.15, 0.2) is 22.7 Å². The first-order valence-corrected chi connectivity index (χ1v) is 8.93. The van der Waals surface area contributed by atoms with Crippen LogP contribution in [-0.4, -0.2) is 19.9 Å². The second-order valence-electron chi connectivity index (χ2n) is 4.66. The molecule has 0 aromatic heterocycles. The molecule has 0 spiro atoms. The lowest BCUT2D eigenvalue weighted by Gasteiger charge is -2.17. The maximum absolute atomic E-state index is 11.5. The molecule has 0 fully saturated rings. The van der Waals surface area contributed by atoms with Gasteiger partial charge in [0.05, 0.1) is 5.75 Å². The molecule has 1 aromatic carbocycles. The number of nitrogens with two attached hydrogens (primary N) is 1. The van der Waals surface area contributed by atoms with Gasteiger partial charge in [0.15, 0.2) is 0 Å². The molecular weight excluding hydrogens is 328 g/mol. The molecule has 0 aliphatic carbocycles. The van der Waals surface area contributed by atoms with Crippen molar-refractivity contribution in [3.63, 3.8) is 0 Å². The standard InChI is InChI=1S/C13H21BrN2O2S/c1-3-19(17,18)6-4-5-13(16-15)11-7-10(2)8-12(14)9-11/h7-9,13,16H,3-6,15H2,1-2H3. The highest BCUT2D eigenvalue weighted by Crippen LogP contribution is 2.23. The van der Waals surface area contributed by atoms with Gasteiger partial charge in [-0.25, -0.2) is 8.42 Å². The van der Waals surface area contributed by atoms with Gasteiger partial charge in [-0.15, -0.1) is 0 Å². The zero-order chi connectivity index (χ0) is 14.5. The van der Waals surface area contributed by atoms with Crippen molar-refractivity contribution in [2.24, 2.45) is 5.84 Å². The van der Waals surface area contributed by atoms with Crippen molar-refractivity contribution in [2.45, 2.75) is 32.7 Å². The summed E-state index contributed by atoms with van der Waals surface area (Å²) in [5.41, 5.74) is 4.98. The Labute approximate surface area is 123 Å². The average molecular weight is 349 g/mol. The molecule has 0 amide bonds. The van der Waals surface area contributed by atoms with Crippen LogP contribution in [0.2, 0.25) is 0 Å². The Morgan fingerprint density at radius 1 is 1.37 bits per heavy atom. The summed E-state index contributed by atoms with van der Waals surface area (Å²) < 4.78 is 23.9. The molecular formula is C13H21BrN2O2S. The van der Waals surface area contributed by atoms with E-state index in [-0.39, 0.29) is 17.5 Å². The molecule has 19 heavy (non-hydrogen) atoms. The van der Waals surface area contributed by atoms with Crippen molar-refractivity contribution < 1.29 is 8.42 Å². The highest BCUT2D eigenvalue weighted by atomic mass is 79.9. The Morgan fingerprint density at radius 2 is 2.05 bits per heavy atom. The van der Waals surface area contributed by atoms with Gasteiger partial charge in [-0.2, -0.15) is 0 Å². The van der Waals surface area contributed by atoms with Crippen molar-refractivity contribution in [2.75, 3.05) is 11.5 Å². The fourth-order valence-electron chi connectivity index (χ4n) is 1.96. The third kappa shape index (κ3) is 5.60. The van der Waals surface area contributed by atoms with Gasteiger partial charge in [-0.1, -0.05) is 28.9 Å². The summed E-state index contributed by atoms with van der Waals surface area (Å²) >= 11 is 3.46. The largest absolute Gasteiger partial charge is 0.271 e. The number of hydrazine groups is 1. The number of hydrogen-bond acceptors (Lipinski definition) is 4. The Balaban J connectivity index is 2.68. The molecule has 0 heterocycles. The summed E-state index contributed by atoms with van der Waals surface area (Å²) in [5.74, 6) is 5.99. The van der Waals surface area contributed by atoms with Crippen LogP contribution in [0, 0.1) is 6.92 Å². The number of hydrogen-bond donors (Lipinski definition) is 2. The fourth-order valence-corrected chi connectivity index (χ4v) is 3.48. The maximum atomic E-state index is 11.5. The molecule has 108 valence electrons. The summed E-state index contributed by atoms with van der Waals surface area (Å²) in [7, 11) is -2.90. The summed E-state index contributed by atoms with van der Waals surface area (Å²) in [6.45, 7) is 3.69. The van der Waals surface area contributed by atoms with E-state index in [1.165, 1.54) is 0 Å². The highest BCUT2D eigenvalue weighted by Gasteiger charge is 2.13. The summed E-state index contributed by atoms with van der Waals surface area (Å²) in [6, 6.07) is 6.07. The van der Waals surface area contributed by atoms with Crippen LogP contribution in [0.4, 0.5) is 0 Å². The number of halogens is 1. The molecule has 0 saturated heterocycles. The van der Waals surface area contributed by atoms with Crippen molar-refractivity contribution in [1.29, 1.82) is 0 Å². The van der Waals surface area contributed by atoms with Crippen molar-refractivity contribution in [3.05, 3.63) is 33.8 Å². The molecule has 0 aliphatic heterocycles. The molecule has 1 unspecified atom stereocenters. The molecule has 0 aliphatic rings. The number of sulfone groups is 1. The lowest BCUT2D eigenvalue weighted by molar-refractivity contribution is 0.507. The van der Waals surface area contributed by atoms with Crippen molar-refractivity contribution >= 4 is 25.8 Å². The summed E-state index contributed by atoms with van der Waals surface area (Å²) in [6.07, 6.45) is 1.31. The van der Waals surface area contributed by atoms with Crippen LogP contribution in [-0.2, 0) is 9.84 Å². The van der Waals surface area contributed by atoms with Crippen LogP contribution in [0.3, 0.4) is 0 Å².